The van der Waals surface area contributed by atoms with Crippen molar-refractivity contribution < 1.29 is 19.1 Å². The standard InChI is InChI=1S/C33H30INO4/c1-23(2)28-18-29(33(37)35(3)19-24-14-16-25(20-36)17-15-24)32(39-22-27-12-8-5-9-13-27)30(34)31(28)38-21-26-10-6-4-7-11-26/h4-18,20H,1,19,21-22H2,2-3H3. The van der Waals surface area contributed by atoms with Crippen molar-refractivity contribution in [1.29, 1.82) is 0 Å². The third-order valence-electron chi connectivity index (χ3n) is 6.20. The molecule has 0 bridgehead atoms. The summed E-state index contributed by atoms with van der Waals surface area (Å²) in [6.07, 6.45) is 0.803. The zero-order chi connectivity index (χ0) is 27.8. The van der Waals surface area contributed by atoms with Crippen molar-refractivity contribution in [2.75, 3.05) is 7.05 Å². The maximum Gasteiger partial charge on any atom is 0.257 e. The van der Waals surface area contributed by atoms with Crippen molar-refractivity contribution in [2.24, 2.45) is 0 Å². The zero-order valence-corrected chi connectivity index (χ0v) is 24.2. The third-order valence-corrected chi connectivity index (χ3v) is 7.18. The molecule has 0 spiro atoms. The molecule has 0 aliphatic heterocycles. The first-order chi connectivity index (χ1) is 18.9. The molecule has 0 saturated heterocycles. The summed E-state index contributed by atoms with van der Waals surface area (Å²) in [5.41, 5.74) is 5.52. The minimum Gasteiger partial charge on any atom is -0.487 e. The van der Waals surface area contributed by atoms with E-state index >= 15 is 0 Å². The van der Waals surface area contributed by atoms with Crippen LogP contribution < -0.4 is 9.47 Å². The Morgan fingerprint density at radius 3 is 1.82 bits per heavy atom. The lowest BCUT2D eigenvalue weighted by atomic mass is 10.0. The van der Waals surface area contributed by atoms with E-state index in [1.165, 1.54) is 0 Å². The molecule has 5 nitrogen and oxygen atoms in total. The maximum absolute atomic E-state index is 13.8. The Morgan fingerprint density at radius 2 is 1.33 bits per heavy atom. The van der Waals surface area contributed by atoms with Crippen molar-refractivity contribution >= 4 is 40.4 Å². The molecule has 1 amide bonds. The van der Waals surface area contributed by atoms with E-state index in [2.05, 4.69) is 29.2 Å². The Labute approximate surface area is 243 Å². The monoisotopic (exact) mass is 631 g/mol. The van der Waals surface area contributed by atoms with Crippen LogP contribution in [0.2, 0.25) is 0 Å². The molecule has 0 atom stereocenters. The van der Waals surface area contributed by atoms with Crippen LogP contribution in [0.5, 0.6) is 11.5 Å². The predicted molar refractivity (Wildman–Crippen MR) is 163 cm³/mol. The number of nitrogens with zero attached hydrogens (tertiary/aromatic N) is 1. The Morgan fingerprint density at radius 1 is 0.821 bits per heavy atom. The van der Waals surface area contributed by atoms with Gasteiger partial charge in [0.2, 0.25) is 0 Å². The first-order valence-electron chi connectivity index (χ1n) is 12.5. The van der Waals surface area contributed by atoms with E-state index in [0.29, 0.717) is 46.0 Å². The van der Waals surface area contributed by atoms with Crippen molar-refractivity contribution in [3.63, 3.8) is 0 Å². The SMILES string of the molecule is C=C(C)c1cc(C(=O)N(C)Cc2ccc(C=O)cc2)c(OCc2ccccc2)c(I)c1OCc1ccccc1. The number of allylic oxidation sites excluding steroid dienone is 1. The molecule has 4 aromatic rings. The molecular formula is C33H30INO4. The lowest BCUT2D eigenvalue weighted by Gasteiger charge is -2.23. The fourth-order valence-corrected chi connectivity index (χ4v) is 4.98. The highest BCUT2D eigenvalue weighted by molar-refractivity contribution is 14.1. The number of aldehydes is 1. The van der Waals surface area contributed by atoms with Gasteiger partial charge < -0.3 is 14.4 Å². The average Bonchev–Trinajstić information content (AvgIpc) is 2.96. The largest absolute Gasteiger partial charge is 0.487 e. The van der Waals surface area contributed by atoms with Gasteiger partial charge >= 0.3 is 0 Å². The third kappa shape index (κ3) is 7.15. The molecule has 6 heteroatoms. The van der Waals surface area contributed by atoms with Crippen LogP contribution in [0, 0.1) is 3.57 Å². The topological polar surface area (TPSA) is 55.8 Å². The van der Waals surface area contributed by atoms with Gasteiger partial charge in [-0.3, -0.25) is 9.59 Å². The highest BCUT2D eigenvalue weighted by Gasteiger charge is 2.26. The van der Waals surface area contributed by atoms with Gasteiger partial charge in [-0.05, 0) is 57.8 Å². The summed E-state index contributed by atoms with van der Waals surface area (Å²) >= 11 is 2.20. The summed E-state index contributed by atoms with van der Waals surface area (Å²) in [7, 11) is 1.75. The highest BCUT2D eigenvalue weighted by Crippen LogP contribution is 2.41. The number of hydrogen-bond acceptors (Lipinski definition) is 4. The summed E-state index contributed by atoms with van der Waals surface area (Å²) in [5, 5.41) is 0. The first kappa shape index (κ1) is 28.1. The van der Waals surface area contributed by atoms with Crippen molar-refractivity contribution in [1.82, 2.24) is 4.90 Å². The van der Waals surface area contributed by atoms with Gasteiger partial charge in [0.1, 0.15) is 31.0 Å². The van der Waals surface area contributed by atoms with E-state index in [0.717, 1.165) is 34.1 Å². The second kappa shape index (κ2) is 13.2. The van der Waals surface area contributed by atoms with E-state index in [1.54, 1.807) is 24.1 Å². The molecule has 0 heterocycles. The fraction of sp³-hybridized carbons (Fsp3) is 0.152. The normalized spacial score (nSPS) is 10.5. The number of ether oxygens (including phenoxy) is 2. The number of hydrogen-bond donors (Lipinski definition) is 0. The van der Waals surface area contributed by atoms with E-state index in [-0.39, 0.29) is 5.91 Å². The van der Waals surface area contributed by atoms with Crippen LogP contribution in [0.15, 0.2) is 97.6 Å². The number of amides is 1. The highest BCUT2D eigenvalue weighted by atomic mass is 127. The Balaban J connectivity index is 1.70. The minimum absolute atomic E-state index is 0.187. The van der Waals surface area contributed by atoms with Crippen LogP contribution >= 0.6 is 22.6 Å². The smallest absolute Gasteiger partial charge is 0.257 e. The molecule has 0 N–H and O–H groups in total. The minimum atomic E-state index is -0.187. The molecule has 39 heavy (non-hydrogen) atoms. The Bertz CT molecular complexity index is 1450. The summed E-state index contributed by atoms with van der Waals surface area (Å²) in [6.45, 7) is 7.11. The molecule has 0 aliphatic carbocycles. The quantitative estimate of drug-likeness (QED) is 0.127. The molecule has 198 valence electrons. The van der Waals surface area contributed by atoms with Crippen LogP contribution in [0.3, 0.4) is 0 Å². The number of rotatable bonds is 11. The van der Waals surface area contributed by atoms with E-state index in [4.69, 9.17) is 9.47 Å². The summed E-state index contributed by atoms with van der Waals surface area (Å²) in [5.74, 6) is 0.923. The molecule has 0 aromatic heterocycles. The fourth-order valence-electron chi connectivity index (χ4n) is 4.09. The molecule has 0 saturated carbocycles. The van der Waals surface area contributed by atoms with Gasteiger partial charge in [0.15, 0.2) is 0 Å². The van der Waals surface area contributed by atoms with Gasteiger partial charge in [0, 0.05) is 24.7 Å². The molecule has 4 rings (SSSR count). The number of halogens is 1. The predicted octanol–water partition coefficient (Wildman–Crippen LogP) is 7.57. The second-order valence-corrected chi connectivity index (χ2v) is 10.4. The van der Waals surface area contributed by atoms with Gasteiger partial charge in [-0.15, -0.1) is 0 Å². The maximum atomic E-state index is 13.8. The van der Waals surface area contributed by atoms with Gasteiger partial charge in [-0.1, -0.05) is 91.5 Å². The molecule has 4 aromatic carbocycles. The van der Waals surface area contributed by atoms with Gasteiger partial charge in [0.05, 0.1) is 9.13 Å². The van der Waals surface area contributed by atoms with Crippen LogP contribution in [0.25, 0.3) is 5.57 Å². The van der Waals surface area contributed by atoms with Gasteiger partial charge in [0.25, 0.3) is 5.91 Å². The lowest BCUT2D eigenvalue weighted by Crippen LogP contribution is -2.27. The van der Waals surface area contributed by atoms with Gasteiger partial charge in [-0.25, -0.2) is 0 Å². The van der Waals surface area contributed by atoms with Crippen LogP contribution in [0.4, 0.5) is 0 Å². The molecule has 0 fully saturated rings. The Hall–Kier alpha value is -3.91. The Kier molecular flexibility index (Phi) is 9.54. The van der Waals surface area contributed by atoms with Crippen LogP contribution in [-0.2, 0) is 19.8 Å². The van der Waals surface area contributed by atoms with Crippen molar-refractivity contribution in [2.45, 2.75) is 26.7 Å². The number of carbonyl (C=O) groups is 2. The zero-order valence-electron chi connectivity index (χ0n) is 22.0. The summed E-state index contributed by atoms with van der Waals surface area (Å²) in [4.78, 5) is 26.5. The van der Waals surface area contributed by atoms with Crippen molar-refractivity contribution in [3.8, 4) is 11.5 Å². The molecule has 0 unspecified atom stereocenters. The number of benzene rings is 4. The lowest BCUT2D eigenvalue weighted by molar-refractivity contribution is 0.0779. The summed E-state index contributed by atoms with van der Waals surface area (Å²) in [6, 6.07) is 28.8. The second-order valence-electron chi connectivity index (χ2n) is 9.29. The summed E-state index contributed by atoms with van der Waals surface area (Å²) < 4.78 is 13.4. The molecule has 0 aliphatic rings. The van der Waals surface area contributed by atoms with Crippen LogP contribution in [0.1, 0.15) is 49.9 Å². The average molecular weight is 632 g/mol. The van der Waals surface area contributed by atoms with Crippen LogP contribution in [-0.4, -0.2) is 24.1 Å². The van der Waals surface area contributed by atoms with Gasteiger partial charge in [-0.2, -0.15) is 0 Å². The van der Waals surface area contributed by atoms with E-state index < -0.39 is 0 Å². The van der Waals surface area contributed by atoms with Crippen molar-refractivity contribution in [3.05, 3.63) is 135 Å². The number of carbonyl (C=O) groups excluding carboxylic acids is 2. The van der Waals surface area contributed by atoms with E-state index in [9.17, 15) is 9.59 Å². The molecular weight excluding hydrogens is 601 g/mol. The molecule has 0 radical (unpaired) electrons. The first-order valence-corrected chi connectivity index (χ1v) is 13.6. The van der Waals surface area contributed by atoms with E-state index in [1.807, 2.05) is 85.8 Å².